The lowest BCUT2D eigenvalue weighted by atomic mass is 9.73. The van der Waals surface area contributed by atoms with Gasteiger partial charge in [-0.2, -0.15) is 0 Å². The van der Waals surface area contributed by atoms with E-state index < -0.39 is 5.60 Å². The molecule has 2 unspecified atom stereocenters. The van der Waals surface area contributed by atoms with Crippen LogP contribution in [-0.4, -0.2) is 39.7 Å². The van der Waals surface area contributed by atoms with Crippen LogP contribution in [0.2, 0.25) is 0 Å². The Morgan fingerprint density at radius 1 is 1.18 bits per heavy atom. The highest BCUT2D eigenvalue weighted by Gasteiger charge is 2.43. The van der Waals surface area contributed by atoms with Crippen LogP contribution in [0.15, 0.2) is 36.5 Å². The summed E-state index contributed by atoms with van der Waals surface area (Å²) in [6.07, 6.45) is 8.12. The number of rotatable bonds is 2. The molecule has 3 heterocycles. The van der Waals surface area contributed by atoms with Crippen LogP contribution in [0.25, 0.3) is 10.9 Å². The first-order valence-corrected chi connectivity index (χ1v) is 8.42. The number of para-hydroxylation sites is 1. The highest BCUT2D eigenvalue weighted by Crippen LogP contribution is 2.40. The fourth-order valence-electron chi connectivity index (χ4n) is 4.56. The van der Waals surface area contributed by atoms with Gasteiger partial charge in [-0.15, -0.1) is 0 Å². The Morgan fingerprint density at radius 3 is 2.68 bits per heavy atom. The van der Waals surface area contributed by atoms with Gasteiger partial charge in [-0.25, -0.2) is 0 Å². The molecular weight excluding hydrogens is 272 g/mol. The first-order chi connectivity index (χ1) is 10.6. The van der Waals surface area contributed by atoms with E-state index in [1.54, 1.807) is 0 Å². The molecule has 2 bridgehead atoms. The number of piperidine rings is 2. The van der Waals surface area contributed by atoms with E-state index in [0.717, 1.165) is 30.2 Å². The van der Waals surface area contributed by atoms with Gasteiger partial charge in [-0.1, -0.05) is 30.7 Å². The summed E-state index contributed by atoms with van der Waals surface area (Å²) in [5.74, 6) is 0. The Labute approximate surface area is 132 Å². The molecule has 1 aromatic heterocycles. The van der Waals surface area contributed by atoms with Gasteiger partial charge < -0.3 is 10.0 Å². The molecule has 1 N–H and O–H groups in total. The van der Waals surface area contributed by atoms with Crippen LogP contribution in [0.4, 0.5) is 0 Å². The molecule has 3 nitrogen and oxygen atoms in total. The highest BCUT2D eigenvalue weighted by molar-refractivity contribution is 5.81. The minimum atomic E-state index is -0.575. The second kappa shape index (κ2) is 5.32. The summed E-state index contributed by atoms with van der Waals surface area (Å²) < 4.78 is 0. The van der Waals surface area contributed by atoms with Gasteiger partial charge in [0, 0.05) is 30.1 Å². The van der Waals surface area contributed by atoms with Crippen molar-refractivity contribution < 1.29 is 5.11 Å². The predicted octanol–water partition coefficient (Wildman–Crippen LogP) is 3.16. The molecule has 2 aromatic rings. The quantitative estimate of drug-likeness (QED) is 0.925. The number of aromatic nitrogens is 1. The summed E-state index contributed by atoms with van der Waals surface area (Å²) >= 11 is 0. The van der Waals surface area contributed by atoms with Gasteiger partial charge in [-0.3, -0.25) is 4.98 Å². The van der Waals surface area contributed by atoms with E-state index in [1.165, 1.54) is 24.8 Å². The summed E-state index contributed by atoms with van der Waals surface area (Å²) in [6, 6.07) is 11.5. The second-order valence-electron chi connectivity index (χ2n) is 7.21. The molecule has 4 rings (SSSR count). The van der Waals surface area contributed by atoms with E-state index >= 15 is 0 Å². The van der Waals surface area contributed by atoms with E-state index in [1.807, 2.05) is 12.3 Å². The van der Waals surface area contributed by atoms with Crippen molar-refractivity contribution in [2.75, 3.05) is 7.05 Å². The molecule has 22 heavy (non-hydrogen) atoms. The van der Waals surface area contributed by atoms with Crippen LogP contribution in [0.1, 0.15) is 37.7 Å². The van der Waals surface area contributed by atoms with Crippen LogP contribution >= 0.6 is 0 Å². The van der Waals surface area contributed by atoms with Gasteiger partial charge in [0.05, 0.1) is 11.1 Å². The van der Waals surface area contributed by atoms with Crippen LogP contribution in [0.3, 0.4) is 0 Å². The minimum absolute atomic E-state index is 0.542. The number of nitrogens with zero attached hydrogens (tertiary/aromatic N) is 2. The zero-order valence-corrected chi connectivity index (χ0v) is 13.2. The second-order valence-corrected chi connectivity index (χ2v) is 7.21. The summed E-state index contributed by atoms with van der Waals surface area (Å²) in [5, 5.41) is 12.4. The maximum atomic E-state index is 11.3. The Morgan fingerprint density at radius 2 is 1.91 bits per heavy atom. The molecule has 2 aliphatic heterocycles. The van der Waals surface area contributed by atoms with Crippen molar-refractivity contribution in [3.63, 3.8) is 0 Å². The molecule has 1 aromatic carbocycles. The third-order valence-corrected chi connectivity index (χ3v) is 5.69. The van der Waals surface area contributed by atoms with E-state index in [0.29, 0.717) is 12.1 Å². The smallest absolute Gasteiger partial charge is 0.0734 e. The average molecular weight is 296 g/mol. The van der Waals surface area contributed by atoms with E-state index in [-0.39, 0.29) is 0 Å². The average Bonchev–Trinajstić information content (AvgIpc) is 2.50. The maximum absolute atomic E-state index is 11.3. The molecule has 0 amide bonds. The Bertz CT molecular complexity index is 665. The van der Waals surface area contributed by atoms with Gasteiger partial charge in [-0.05, 0) is 44.4 Å². The Kier molecular flexibility index (Phi) is 3.43. The third-order valence-electron chi connectivity index (χ3n) is 5.69. The molecule has 2 saturated heterocycles. The van der Waals surface area contributed by atoms with Crippen molar-refractivity contribution in [1.82, 2.24) is 9.88 Å². The van der Waals surface area contributed by atoms with Gasteiger partial charge in [0.25, 0.3) is 0 Å². The largest absolute Gasteiger partial charge is 0.389 e. The molecule has 2 aliphatic rings. The van der Waals surface area contributed by atoms with E-state index in [4.69, 9.17) is 0 Å². The molecule has 0 aliphatic carbocycles. The van der Waals surface area contributed by atoms with Crippen molar-refractivity contribution in [2.24, 2.45) is 0 Å². The fourth-order valence-corrected chi connectivity index (χ4v) is 4.56. The van der Waals surface area contributed by atoms with E-state index in [9.17, 15) is 5.11 Å². The molecular formula is C19H24N2O. The first kappa shape index (κ1) is 14.2. The standard InChI is InChI=1S/C19H24N2O/c1-21-16-8-3-9-17(21)13-19(22,12-16)11-15-6-2-5-14-7-4-10-20-18(14)15/h2,4-7,10,16-17,22H,3,8-9,11-13H2,1H3. The summed E-state index contributed by atoms with van der Waals surface area (Å²) in [5.41, 5.74) is 1.65. The monoisotopic (exact) mass is 296 g/mol. The third kappa shape index (κ3) is 2.42. The number of aliphatic hydroxyl groups is 1. The number of fused-ring (bicyclic) bond motifs is 3. The zero-order valence-electron chi connectivity index (χ0n) is 13.2. The summed E-state index contributed by atoms with van der Waals surface area (Å²) in [6.45, 7) is 0. The summed E-state index contributed by atoms with van der Waals surface area (Å²) in [4.78, 5) is 7.04. The first-order valence-electron chi connectivity index (χ1n) is 8.42. The van der Waals surface area contributed by atoms with Crippen molar-refractivity contribution in [1.29, 1.82) is 0 Å². The number of hydrogen-bond donors (Lipinski definition) is 1. The van der Waals surface area contributed by atoms with Crippen molar-refractivity contribution in [3.05, 3.63) is 42.1 Å². The van der Waals surface area contributed by atoms with Crippen LogP contribution in [0, 0.1) is 0 Å². The SMILES string of the molecule is CN1C2CCCC1CC(O)(Cc1cccc3cccnc13)C2. The lowest BCUT2D eigenvalue weighted by Gasteiger charge is -2.50. The molecule has 0 radical (unpaired) electrons. The maximum Gasteiger partial charge on any atom is 0.0734 e. The van der Waals surface area contributed by atoms with Gasteiger partial charge >= 0.3 is 0 Å². The lowest BCUT2D eigenvalue weighted by molar-refractivity contribution is -0.0818. The number of benzene rings is 1. The normalized spacial score (nSPS) is 32.3. The molecule has 2 fully saturated rings. The molecule has 0 saturated carbocycles. The van der Waals surface area contributed by atoms with Gasteiger partial charge in [0.2, 0.25) is 0 Å². The topological polar surface area (TPSA) is 36.4 Å². The molecule has 3 heteroatoms. The molecule has 2 atom stereocenters. The lowest BCUT2D eigenvalue weighted by Crippen LogP contribution is -2.57. The van der Waals surface area contributed by atoms with Gasteiger partial charge in [0.1, 0.15) is 0 Å². The predicted molar refractivity (Wildman–Crippen MR) is 88.8 cm³/mol. The van der Waals surface area contributed by atoms with E-state index in [2.05, 4.69) is 41.2 Å². The van der Waals surface area contributed by atoms with Crippen LogP contribution < -0.4 is 0 Å². The van der Waals surface area contributed by atoms with Crippen molar-refractivity contribution >= 4 is 10.9 Å². The molecule has 116 valence electrons. The number of pyridine rings is 1. The van der Waals surface area contributed by atoms with Crippen LogP contribution in [-0.2, 0) is 6.42 Å². The van der Waals surface area contributed by atoms with Crippen molar-refractivity contribution in [3.8, 4) is 0 Å². The minimum Gasteiger partial charge on any atom is -0.389 e. The van der Waals surface area contributed by atoms with Crippen molar-refractivity contribution in [2.45, 2.75) is 56.2 Å². The highest BCUT2D eigenvalue weighted by atomic mass is 16.3. The number of hydrogen-bond acceptors (Lipinski definition) is 3. The Balaban J connectivity index is 1.64. The van der Waals surface area contributed by atoms with Crippen LogP contribution in [0.5, 0.6) is 0 Å². The summed E-state index contributed by atoms with van der Waals surface area (Å²) in [7, 11) is 2.23. The molecule has 0 spiro atoms. The fraction of sp³-hybridized carbons (Fsp3) is 0.526. The van der Waals surface area contributed by atoms with Gasteiger partial charge in [0.15, 0.2) is 0 Å². The zero-order chi connectivity index (χ0) is 15.2. The Hall–Kier alpha value is -1.45.